The van der Waals surface area contributed by atoms with Crippen LogP contribution in [0.3, 0.4) is 0 Å². The number of fused-ring (bicyclic) bond motifs is 2. The number of nitrogens with two attached hydrogens (primary N) is 1. The Kier molecular flexibility index (Phi) is 4.59. The standard InChI is InChI=1S/C23H24N6O/c1-2-28-9-11-29(12-10-28)23(30)15-7-8-19-20(13-15)27-22(26-19)17-14-25-18-6-4-3-5-16(18)21(17)24/h3-8,13-14H,2,9-12H2,1H3,(H2,24,25)(H,26,27). The molecule has 0 saturated carbocycles. The second-order valence-electron chi connectivity index (χ2n) is 7.65. The molecule has 0 atom stereocenters. The van der Waals surface area contributed by atoms with Crippen molar-refractivity contribution in [3.63, 3.8) is 0 Å². The van der Waals surface area contributed by atoms with Crippen molar-refractivity contribution in [1.29, 1.82) is 0 Å². The zero-order valence-corrected chi connectivity index (χ0v) is 16.9. The zero-order chi connectivity index (χ0) is 20.7. The van der Waals surface area contributed by atoms with Gasteiger partial charge >= 0.3 is 0 Å². The summed E-state index contributed by atoms with van der Waals surface area (Å²) in [6, 6.07) is 13.4. The average Bonchev–Trinajstić information content (AvgIpc) is 3.22. The molecule has 3 heterocycles. The Balaban J connectivity index is 1.46. The Bertz CT molecular complexity index is 1240. The van der Waals surface area contributed by atoms with Crippen molar-refractivity contribution < 1.29 is 4.79 Å². The van der Waals surface area contributed by atoms with Crippen LogP contribution >= 0.6 is 0 Å². The van der Waals surface area contributed by atoms with Crippen LogP contribution in [0.2, 0.25) is 0 Å². The van der Waals surface area contributed by atoms with E-state index in [1.807, 2.05) is 47.4 Å². The number of amides is 1. The van der Waals surface area contributed by atoms with E-state index in [1.54, 1.807) is 6.20 Å². The number of H-pyrrole nitrogens is 1. The van der Waals surface area contributed by atoms with Crippen molar-refractivity contribution in [2.75, 3.05) is 38.5 Å². The summed E-state index contributed by atoms with van der Waals surface area (Å²) in [6.07, 6.45) is 1.74. The smallest absolute Gasteiger partial charge is 0.254 e. The number of hydrogen-bond acceptors (Lipinski definition) is 5. The molecule has 5 rings (SSSR count). The summed E-state index contributed by atoms with van der Waals surface area (Å²) in [5.41, 5.74) is 10.9. The SMILES string of the molecule is CCN1CCN(C(=O)c2ccc3nc(-c4cnc5ccccc5c4N)[nH]c3c2)CC1. The maximum absolute atomic E-state index is 13.0. The number of aromatic nitrogens is 3. The topological polar surface area (TPSA) is 91.1 Å². The molecule has 0 bridgehead atoms. The van der Waals surface area contributed by atoms with Gasteiger partial charge in [0.1, 0.15) is 5.82 Å². The molecule has 0 aliphatic carbocycles. The summed E-state index contributed by atoms with van der Waals surface area (Å²) in [5.74, 6) is 0.720. The highest BCUT2D eigenvalue weighted by atomic mass is 16.2. The van der Waals surface area contributed by atoms with Gasteiger partial charge in [-0.1, -0.05) is 25.1 Å². The number of nitrogens with one attached hydrogen (secondary N) is 1. The molecule has 3 N–H and O–H groups in total. The van der Waals surface area contributed by atoms with Gasteiger partial charge in [-0.05, 0) is 30.8 Å². The van der Waals surface area contributed by atoms with Crippen LogP contribution in [0, 0.1) is 0 Å². The Morgan fingerprint density at radius 3 is 2.70 bits per heavy atom. The molecule has 1 fully saturated rings. The van der Waals surface area contributed by atoms with Gasteiger partial charge in [0.2, 0.25) is 0 Å². The van der Waals surface area contributed by atoms with Gasteiger partial charge in [-0.25, -0.2) is 4.98 Å². The van der Waals surface area contributed by atoms with Crippen molar-refractivity contribution in [3.8, 4) is 11.4 Å². The van der Waals surface area contributed by atoms with Gasteiger partial charge in [0.15, 0.2) is 0 Å². The van der Waals surface area contributed by atoms with Crippen molar-refractivity contribution in [2.24, 2.45) is 0 Å². The highest BCUT2D eigenvalue weighted by Gasteiger charge is 2.22. The Labute approximate surface area is 174 Å². The molecule has 1 aliphatic heterocycles. The lowest BCUT2D eigenvalue weighted by atomic mass is 10.1. The first kappa shape index (κ1) is 18.6. The number of piperazine rings is 1. The van der Waals surface area contributed by atoms with E-state index in [-0.39, 0.29) is 5.91 Å². The molecule has 7 nitrogen and oxygen atoms in total. The van der Waals surface area contributed by atoms with E-state index in [9.17, 15) is 4.79 Å². The lowest BCUT2D eigenvalue weighted by molar-refractivity contribution is 0.0643. The lowest BCUT2D eigenvalue weighted by Gasteiger charge is -2.34. The Hall–Kier alpha value is -3.45. The molecule has 1 saturated heterocycles. The first-order valence-corrected chi connectivity index (χ1v) is 10.3. The molecule has 0 spiro atoms. The summed E-state index contributed by atoms with van der Waals surface area (Å²) in [6.45, 7) is 6.55. The van der Waals surface area contributed by atoms with E-state index in [1.165, 1.54) is 0 Å². The summed E-state index contributed by atoms with van der Waals surface area (Å²) in [4.78, 5) is 29.7. The van der Waals surface area contributed by atoms with Gasteiger partial charge in [-0.15, -0.1) is 0 Å². The largest absolute Gasteiger partial charge is 0.398 e. The number of rotatable bonds is 3. The summed E-state index contributed by atoms with van der Waals surface area (Å²) in [5, 5.41) is 0.901. The lowest BCUT2D eigenvalue weighted by Crippen LogP contribution is -2.48. The minimum Gasteiger partial charge on any atom is -0.398 e. The van der Waals surface area contributed by atoms with Crippen LogP contribution in [0.25, 0.3) is 33.3 Å². The number of anilines is 1. The highest BCUT2D eigenvalue weighted by molar-refractivity contribution is 5.99. The third-order valence-corrected chi connectivity index (χ3v) is 5.91. The fourth-order valence-corrected chi connectivity index (χ4v) is 4.07. The molecule has 1 aliphatic rings. The van der Waals surface area contributed by atoms with E-state index in [0.29, 0.717) is 17.1 Å². The molecular formula is C23H24N6O. The van der Waals surface area contributed by atoms with Gasteiger partial charge < -0.3 is 20.5 Å². The van der Waals surface area contributed by atoms with Gasteiger partial charge in [-0.2, -0.15) is 0 Å². The maximum atomic E-state index is 13.0. The Morgan fingerprint density at radius 1 is 1.10 bits per heavy atom. The van der Waals surface area contributed by atoms with E-state index < -0.39 is 0 Å². The molecule has 152 valence electrons. The predicted molar refractivity (Wildman–Crippen MR) is 119 cm³/mol. The van der Waals surface area contributed by atoms with Crippen LogP contribution in [0.4, 0.5) is 5.69 Å². The van der Waals surface area contributed by atoms with Gasteiger partial charge in [0.25, 0.3) is 5.91 Å². The quantitative estimate of drug-likeness (QED) is 0.551. The van der Waals surface area contributed by atoms with E-state index >= 15 is 0 Å². The Morgan fingerprint density at radius 2 is 1.90 bits per heavy atom. The summed E-state index contributed by atoms with van der Waals surface area (Å²) >= 11 is 0. The molecule has 2 aromatic heterocycles. The number of benzene rings is 2. The molecule has 30 heavy (non-hydrogen) atoms. The number of likely N-dealkylation sites (N-methyl/N-ethyl adjacent to an activating group) is 1. The predicted octanol–water partition coefficient (Wildman–Crippen LogP) is 3.14. The number of pyridine rings is 1. The molecule has 0 radical (unpaired) electrons. The van der Waals surface area contributed by atoms with Crippen LogP contribution in [-0.2, 0) is 0 Å². The fourth-order valence-electron chi connectivity index (χ4n) is 4.07. The molecule has 0 unspecified atom stereocenters. The third-order valence-electron chi connectivity index (χ3n) is 5.91. The number of nitrogens with zero attached hydrogens (tertiary/aromatic N) is 4. The fraction of sp³-hybridized carbons (Fsp3) is 0.261. The third kappa shape index (κ3) is 3.17. The van der Waals surface area contributed by atoms with Crippen LogP contribution in [0.5, 0.6) is 0 Å². The number of carbonyl (C=O) groups excluding carboxylic acids is 1. The zero-order valence-electron chi connectivity index (χ0n) is 16.9. The van der Waals surface area contributed by atoms with Crippen molar-refractivity contribution in [2.45, 2.75) is 6.92 Å². The van der Waals surface area contributed by atoms with Crippen molar-refractivity contribution in [1.82, 2.24) is 24.8 Å². The minimum absolute atomic E-state index is 0.0655. The molecule has 1 amide bonds. The number of carbonyl (C=O) groups is 1. The van der Waals surface area contributed by atoms with E-state index in [2.05, 4.69) is 26.8 Å². The summed E-state index contributed by atoms with van der Waals surface area (Å²) < 4.78 is 0. The van der Waals surface area contributed by atoms with Crippen LogP contribution in [0.15, 0.2) is 48.7 Å². The number of imidazole rings is 1. The van der Waals surface area contributed by atoms with Gasteiger partial charge in [0.05, 0.1) is 27.8 Å². The number of hydrogen-bond donors (Lipinski definition) is 2. The molecule has 4 aromatic rings. The first-order chi connectivity index (χ1) is 14.6. The summed E-state index contributed by atoms with van der Waals surface area (Å²) in [7, 11) is 0. The number of aromatic amines is 1. The number of para-hydroxylation sites is 1. The van der Waals surface area contributed by atoms with Crippen LogP contribution < -0.4 is 5.73 Å². The normalized spacial score (nSPS) is 15.2. The average molecular weight is 400 g/mol. The second kappa shape index (κ2) is 7.42. The minimum atomic E-state index is 0.0655. The van der Waals surface area contributed by atoms with Crippen molar-refractivity contribution >= 4 is 33.5 Å². The highest BCUT2D eigenvalue weighted by Crippen LogP contribution is 2.30. The van der Waals surface area contributed by atoms with Crippen LogP contribution in [0.1, 0.15) is 17.3 Å². The first-order valence-electron chi connectivity index (χ1n) is 10.3. The van der Waals surface area contributed by atoms with E-state index in [0.717, 1.165) is 60.2 Å². The monoisotopic (exact) mass is 400 g/mol. The number of nitrogen functional groups attached to an aromatic ring is 1. The van der Waals surface area contributed by atoms with E-state index in [4.69, 9.17) is 5.73 Å². The molecule has 7 heteroatoms. The van der Waals surface area contributed by atoms with Gasteiger partial charge in [-0.3, -0.25) is 9.78 Å². The van der Waals surface area contributed by atoms with Crippen LogP contribution in [-0.4, -0.2) is 63.4 Å². The second-order valence-corrected chi connectivity index (χ2v) is 7.65. The van der Waals surface area contributed by atoms with Crippen molar-refractivity contribution in [3.05, 3.63) is 54.2 Å². The molecular weight excluding hydrogens is 376 g/mol. The molecule has 2 aromatic carbocycles. The maximum Gasteiger partial charge on any atom is 0.254 e. The van der Waals surface area contributed by atoms with Gasteiger partial charge in [0, 0.05) is 43.3 Å².